The van der Waals surface area contributed by atoms with Crippen LogP contribution < -0.4 is 10.6 Å². The molecule has 3 rings (SSSR count). The number of fused-ring (bicyclic) bond motifs is 1. The van der Waals surface area contributed by atoms with E-state index in [1.54, 1.807) is 24.3 Å². The Bertz CT molecular complexity index is 1030. The molecule has 0 aliphatic carbocycles. The lowest BCUT2D eigenvalue weighted by molar-refractivity contribution is -0.137. The van der Waals surface area contributed by atoms with E-state index >= 15 is 0 Å². The van der Waals surface area contributed by atoms with E-state index in [-0.39, 0.29) is 18.4 Å². The number of alkyl halides is 3. The quantitative estimate of drug-likeness (QED) is 0.702. The molecule has 3 aromatic rings. The van der Waals surface area contributed by atoms with Gasteiger partial charge in [-0.2, -0.15) is 13.2 Å². The first-order valence-electron chi connectivity index (χ1n) is 8.43. The molecule has 146 valence electrons. The van der Waals surface area contributed by atoms with Crippen molar-refractivity contribution >= 4 is 23.1 Å². The van der Waals surface area contributed by atoms with Crippen molar-refractivity contribution in [2.75, 3.05) is 11.9 Å². The van der Waals surface area contributed by atoms with Crippen LogP contribution in [0, 0.1) is 0 Å². The number of benzene rings is 1. The van der Waals surface area contributed by atoms with Crippen molar-refractivity contribution in [2.45, 2.75) is 19.5 Å². The monoisotopic (exact) mass is 390 g/mol. The fourth-order valence-electron chi connectivity index (χ4n) is 2.68. The summed E-state index contributed by atoms with van der Waals surface area (Å²) in [5.41, 5.74) is 1.11. The summed E-state index contributed by atoms with van der Waals surface area (Å²) in [6.45, 7) is 1.64. The third-order valence-corrected chi connectivity index (χ3v) is 3.94. The van der Waals surface area contributed by atoms with Gasteiger partial charge in [-0.15, -0.1) is 0 Å². The summed E-state index contributed by atoms with van der Waals surface area (Å²) >= 11 is 0. The van der Waals surface area contributed by atoms with Crippen molar-refractivity contribution in [1.29, 1.82) is 0 Å². The fraction of sp³-hybridized carbons (Fsp3) is 0.211. The Morgan fingerprint density at radius 1 is 1.14 bits per heavy atom. The minimum Gasteiger partial charge on any atom is -0.352 e. The normalized spacial score (nSPS) is 11.4. The van der Waals surface area contributed by atoms with Crippen LogP contribution in [0.2, 0.25) is 0 Å². The molecule has 2 N–H and O–H groups in total. The van der Waals surface area contributed by atoms with E-state index in [9.17, 15) is 22.8 Å². The third-order valence-electron chi connectivity index (χ3n) is 3.94. The molecule has 0 aliphatic heterocycles. The Balaban J connectivity index is 1.61. The Hall–Kier alpha value is -3.36. The second-order valence-electron chi connectivity index (χ2n) is 6.18. The van der Waals surface area contributed by atoms with E-state index < -0.39 is 11.7 Å². The summed E-state index contributed by atoms with van der Waals surface area (Å²) in [6.07, 6.45) is -1.56. The number of amides is 2. The van der Waals surface area contributed by atoms with Gasteiger partial charge in [-0.3, -0.25) is 9.59 Å². The SMILES string of the molecule is CC(=O)Nc1cccc(C(=O)NCCc2cn3cc(C(F)(F)F)ccc3n2)c1. The van der Waals surface area contributed by atoms with Crippen LogP contribution in [0.1, 0.15) is 28.5 Å². The van der Waals surface area contributed by atoms with E-state index in [0.29, 0.717) is 29.0 Å². The van der Waals surface area contributed by atoms with E-state index in [1.807, 2.05) is 0 Å². The molecular weight excluding hydrogens is 373 g/mol. The number of nitrogens with zero attached hydrogens (tertiary/aromatic N) is 2. The highest BCUT2D eigenvalue weighted by Crippen LogP contribution is 2.29. The molecule has 0 radical (unpaired) electrons. The van der Waals surface area contributed by atoms with Crippen molar-refractivity contribution in [2.24, 2.45) is 0 Å². The molecule has 0 unspecified atom stereocenters. The zero-order chi connectivity index (χ0) is 20.3. The Morgan fingerprint density at radius 2 is 1.93 bits per heavy atom. The van der Waals surface area contributed by atoms with Gasteiger partial charge in [0.1, 0.15) is 5.65 Å². The van der Waals surface area contributed by atoms with Crippen LogP contribution in [0.5, 0.6) is 0 Å². The van der Waals surface area contributed by atoms with Gasteiger partial charge < -0.3 is 15.0 Å². The molecule has 0 saturated carbocycles. The second kappa shape index (κ2) is 7.71. The lowest BCUT2D eigenvalue weighted by atomic mass is 10.2. The number of anilines is 1. The zero-order valence-electron chi connectivity index (χ0n) is 14.9. The Kier molecular flexibility index (Phi) is 5.34. The van der Waals surface area contributed by atoms with Crippen LogP contribution in [-0.2, 0) is 17.4 Å². The van der Waals surface area contributed by atoms with Crippen LogP contribution in [0.3, 0.4) is 0 Å². The van der Waals surface area contributed by atoms with E-state index in [0.717, 1.165) is 12.3 Å². The smallest absolute Gasteiger partial charge is 0.352 e. The van der Waals surface area contributed by atoms with E-state index in [1.165, 1.54) is 23.6 Å². The first kappa shape index (κ1) is 19.4. The number of nitrogens with one attached hydrogen (secondary N) is 2. The van der Waals surface area contributed by atoms with Crippen LogP contribution >= 0.6 is 0 Å². The highest BCUT2D eigenvalue weighted by molar-refractivity contribution is 5.96. The van der Waals surface area contributed by atoms with E-state index in [4.69, 9.17) is 0 Å². The number of halogens is 3. The first-order chi connectivity index (χ1) is 13.2. The van der Waals surface area contributed by atoms with Crippen molar-refractivity contribution in [1.82, 2.24) is 14.7 Å². The standard InChI is InChI=1S/C19H17F3N4O2/c1-12(27)24-15-4-2-3-13(9-15)18(28)23-8-7-16-11-26-10-14(19(20,21)22)5-6-17(26)25-16/h2-6,9-11H,7-8H2,1H3,(H,23,28)(H,24,27). The summed E-state index contributed by atoms with van der Waals surface area (Å²) in [7, 11) is 0. The molecule has 2 amide bonds. The maximum Gasteiger partial charge on any atom is 0.417 e. The molecule has 1 aromatic carbocycles. The second-order valence-corrected chi connectivity index (χ2v) is 6.18. The topological polar surface area (TPSA) is 75.5 Å². The molecule has 0 atom stereocenters. The summed E-state index contributed by atoms with van der Waals surface area (Å²) < 4.78 is 39.6. The first-order valence-corrected chi connectivity index (χ1v) is 8.43. The van der Waals surface area contributed by atoms with E-state index in [2.05, 4.69) is 15.6 Å². The molecule has 0 aliphatic rings. The maximum absolute atomic E-state index is 12.8. The molecule has 0 bridgehead atoms. The summed E-state index contributed by atoms with van der Waals surface area (Å²) in [5, 5.41) is 5.33. The van der Waals surface area contributed by atoms with Crippen LogP contribution in [0.4, 0.5) is 18.9 Å². The molecule has 0 saturated heterocycles. The van der Waals surface area contributed by atoms with Gasteiger partial charge in [-0.25, -0.2) is 4.98 Å². The van der Waals surface area contributed by atoms with Gasteiger partial charge >= 0.3 is 6.18 Å². The predicted octanol–water partition coefficient (Wildman–Crippen LogP) is 3.28. The lowest BCUT2D eigenvalue weighted by Crippen LogP contribution is -2.25. The molecule has 2 heterocycles. The number of aromatic nitrogens is 2. The molecule has 28 heavy (non-hydrogen) atoms. The number of hydrogen-bond donors (Lipinski definition) is 2. The largest absolute Gasteiger partial charge is 0.417 e. The molecule has 0 spiro atoms. The number of carbonyl (C=O) groups is 2. The predicted molar refractivity (Wildman–Crippen MR) is 97.0 cm³/mol. The number of pyridine rings is 1. The zero-order valence-corrected chi connectivity index (χ0v) is 14.9. The molecule has 9 heteroatoms. The lowest BCUT2D eigenvalue weighted by Gasteiger charge is -2.06. The Labute approximate surface area is 158 Å². The van der Waals surface area contributed by atoms with Crippen molar-refractivity contribution < 1.29 is 22.8 Å². The number of imidazole rings is 1. The highest BCUT2D eigenvalue weighted by atomic mass is 19.4. The van der Waals surface area contributed by atoms with Gasteiger partial charge in [-0.05, 0) is 30.3 Å². The van der Waals surface area contributed by atoms with Gasteiger partial charge in [-0.1, -0.05) is 6.07 Å². The van der Waals surface area contributed by atoms with Gasteiger partial charge in [0, 0.05) is 43.5 Å². The van der Waals surface area contributed by atoms with Gasteiger partial charge in [0.25, 0.3) is 5.91 Å². The molecular formula is C19H17F3N4O2. The summed E-state index contributed by atoms with van der Waals surface area (Å²) in [6, 6.07) is 8.78. The fourth-order valence-corrected chi connectivity index (χ4v) is 2.68. The van der Waals surface area contributed by atoms with Crippen LogP contribution in [0.15, 0.2) is 48.8 Å². The third kappa shape index (κ3) is 4.67. The van der Waals surface area contributed by atoms with Crippen LogP contribution in [-0.4, -0.2) is 27.7 Å². The van der Waals surface area contributed by atoms with Gasteiger partial charge in [0.05, 0.1) is 11.3 Å². The van der Waals surface area contributed by atoms with Crippen molar-refractivity contribution in [3.05, 3.63) is 65.6 Å². The summed E-state index contributed by atoms with van der Waals surface area (Å²) in [4.78, 5) is 27.6. The maximum atomic E-state index is 12.8. The van der Waals surface area contributed by atoms with Crippen molar-refractivity contribution in [3.63, 3.8) is 0 Å². The Morgan fingerprint density at radius 3 is 2.64 bits per heavy atom. The van der Waals surface area contributed by atoms with Crippen LogP contribution in [0.25, 0.3) is 5.65 Å². The minimum atomic E-state index is -4.42. The average Bonchev–Trinajstić information content (AvgIpc) is 3.02. The van der Waals surface area contributed by atoms with Gasteiger partial charge in [0.15, 0.2) is 0 Å². The highest BCUT2D eigenvalue weighted by Gasteiger charge is 2.30. The number of rotatable bonds is 5. The summed E-state index contributed by atoms with van der Waals surface area (Å²) in [5.74, 6) is -0.562. The molecule has 6 nitrogen and oxygen atoms in total. The van der Waals surface area contributed by atoms with Gasteiger partial charge in [0.2, 0.25) is 5.91 Å². The molecule has 2 aromatic heterocycles. The number of carbonyl (C=O) groups excluding carboxylic acids is 2. The molecule has 0 fully saturated rings. The van der Waals surface area contributed by atoms with Crippen molar-refractivity contribution in [3.8, 4) is 0 Å². The average molecular weight is 390 g/mol. The number of hydrogen-bond acceptors (Lipinski definition) is 3. The minimum absolute atomic E-state index is 0.238.